The monoisotopic (exact) mass is 433 g/mol. The molecule has 0 atom stereocenters. The van der Waals surface area contributed by atoms with Crippen molar-refractivity contribution in [1.29, 1.82) is 0 Å². The van der Waals surface area contributed by atoms with Gasteiger partial charge in [0.25, 0.3) is 0 Å². The van der Waals surface area contributed by atoms with Gasteiger partial charge in [-0.15, -0.1) is 5.10 Å². The van der Waals surface area contributed by atoms with E-state index in [2.05, 4.69) is 24.8 Å². The Bertz CT molecular complexity index is 1240. The second-order valence-electron chi connectivity index (χ2n) is 7.99. The first-order valence-corrected chi connectivity index (χ1v) is 10.7. The normalized spacial score (nSPS) is 14.3. The predicted molar refractivity (Wildman–Crippen MR) is 119 cm³/mol. The third-order valence-electron chi connectivity index (χ3n) is 5.87. The van der Waals surface area contributed by atoms with Gasteiger partial charge in [0.05, 0.1) is 23.8 Å². The number of halogens is 1. The van der Waals surface area contributed by atoms with E-state index in [9.17, 15) is 9.18 Å². The van der Waals surface area contributed by atoms with Crippen molar-refractivity contribution in [2.24, 2.45) is 0 Å². The third kappa shape index (κ3) is 4.05. The summed E-state index contributed by atoms with van der Waals surface area (Å²) in [6.45, 7) is 5.36. The Balaban J connectivity index is 1.19. The largest absolute Gasteiger partial charge is 0.368 e. The molecule has 1 aliphatic heterocycles. The van der Waals surface area contributed by atoms with E-state index >= 15 is 0 Å². The van der Waals surface area contributed by atoms with E-state index in [4.69, 9.17) is 0 Å². The predicted octanol–water partition coefficient (Wildman–Crippen LogP) is 2.47. The van der Waals surface area contributed by atoms with Crippen LogP contribution in [0.1, 0.15) is 11.5 Å². The van der Waals surface area contributed by atoms with Crippen molar-refractivity contribution in [3.8, 4) is 0 Å². The summed E-state index contributed by atoms with van der Waals surface area (Å²) in [4.78, 5) is 21.4. The van der Waals surface area contributed by atoms with Gasteiger partial charge in [0, 0.05) is 31.9 Å². The molecule has 1 aliphatic rings. The van der Waals surface area contributed by atoms with Crippen molar-refractivity contribution >= 4 is 22.6 Å². The molecule has 1 fully saturated rings. The maximum atomic E-state index is 13.1. The van der Waals surface area contributed by atoms with Gasteiger partial charge in [-0.25, -0.2) is 14.1 Å². The third-order valence-corrected chi connectivity index (χ3v) is 5.87. The Hall–Kier alpha value is -3.75. The lowest BCUT2D eigenvalue weighted by Crippen LogP contribution is -2.49. The highest BCUT2D eigenvalue weighted by Crippen LogP contribution is 2.18. The number of fused-ring (bicyclic) bond motifs is 1. The zero-order chi connectivity index (χ0) is 22.1. The first kappa shape index (κ1) is 20.2. The number of rotatable bonds is 5. The van der Waals surface area contributed by atoms with Crippen LogP contribution in [0.4, 0.5) is 10.1 Å². The minimum absolute atomic E-state index is 0.0180. The fourth-order valence-corrected chi connectivity index (χ4v) is 4.15. The molecule has 3 heterocycles. The zero-order valence-corrected chi connectivity index (χ0v) is 17.9. The van der Waals surface area contributed by atoms with Crippen LogP contribution in [0.15, 0.2) is 54.7 Å². The van der Waals surface area contributed by atoms with Gasteiger partial charge in [0.1, 0.15) is 23.9 Å². The van der Waals surface area contributed by atoms with Gasteiger partial charge in [0.2, 0.25) is 5.91 Å². The van der Waals surface area contributed by atoms with E-state index in [1.165, 1.54) is 12.1 Å². The van der Waals surface area contributed by atoms with Crippen LogP contribution in [0.3, 0.4) is 0 Å². The summed E-state index contributed by atoms with van der Waals surface area (Å²) in [7, 11) is 0. The first-order valence-electron chi connectivity index (χ1n) is 10.7. The molecular weight excluding hydrogens is 409 g/mol. The molecule has 0 saturated carbocycles. The Morgan fingerprint density at radius 1 is 1.03 bits per heavy atom. The van der Waals surface area contributed by atoms with Crippen molar-refractivity contribution in [1.82, 2.24) is 29.4 Å². The number of piperazine rings is 1. The second-order valence-corrected chi connectivity index (χ2v) is 7.99. The van der Waals surface area contributed by atoms with Gasteiger partial charge in [-0.2, -0.15) is 0 Å². The number of para-hydroxylation sites is 2. The number of imidazole rings is 1. The summed E-state index contributed by atoms with van der Waals surface area (Å²) in [6.07, 6.45) is 1.82. The van der Waals surface area contributed by atoms with Gasteiger partial charge in [0.15, 0.2) is 0 Å². The summed E-state index contributed by atoms with van der Waals surface area (Å²) < 4.78 is 16.8. The lowest BCUT2D eigenvalue weighted by Gasteiger charge is -2.36. The van der Waals surface area contributed by atoms with E-state index in [1.807, 2.05) is 42.3 Å². The van der Waals surface area contributed by atoms with Crippen molar-refractivity contribution in [2.45, 2.75) is 20.0 Å². The molecule has 8 nitrogen and oxygen atoms in total. The smallest absolute Gasteiger partial charge is 0.244 e. The van der Waals surface area contributed by atoms with Crippen LogP contribution < -0.4 is 4.90 Å². The van der Waals surface area contributed by atoms with Crippen LogP contribution in [0, 0.1) is 12.7 Å². The Kier molecular flexibility index (Phi) is 5.30. The van der Waals surface area contributed by atoms with Crippen LogP contribution in [-0.4, -0.2) is 61.5 Å². The molecule has 1 amide bonds. The molecule has 0 radical (unpaired) electrons. The Morgan fingerprint density at radius 3 is 2.56 bits per heavy atom. The number of benzene rings is 2. The molecule has 2 aromatic carbocycles. The molecule has 1 saturated heterocycles. The second kappa shape index (κ2) is 8.41. The average molecular weight is 433 g/mol. The fraction of sp³-hybridized carbons (Fsp3) is 0.304. The van der Waals surface area contributed by atoms with Crippen molar-refractivity contribution < 1.29 is 9.18 Å². The van der Waals surface area contributed by atoms with Crippen molar-refractivity contribution in [3.63, 3.8) is 0 Å². The average Bonchev–Trinajstić information content (AvgIpc) is 3.38. The minimum Gasteiger partial charge on any atom is -0.368 e. The van der Waals surface area contributed by atoms with Gasteiger partial charge in [-0.1, -0.05) is 17.3 Å². The van der Waals surface area contributed by atoms with E-state index in [-0.39, 0.29) is 18.3 Å². The van der Waals surface area contributed by atoms with Gasteiger partial charge in [-0.3, -0.25) is 4.79 Å². The molecule has 5 rings (SSSR count). The first-order chi connectivity index (χ1) is 15.6. The van der Waals surface area contributed by atoms with Gasteiger partial charge >= 0.3 is 0 Å². The molecule has 0 aliphatic carbocycles. The van der Waals surface area contributed by atoms with E-state index < -0.39 is 0 Å². The molecule has 9 heteroatoms. The number of amides is 1. The van der Waals surface area contributed by atoms with E-state index in [0.717, 1.165) is 28.2 Å². The van der Waals surface area contributed by atoms with Gasteiger partial charge in [-0.05, 0) is 43.3 Å². The van der Waals surface area contributed by atoms with Crippen LogP contribution >= 0.6 is 0 Å². The molecule has 2 aromatic heterocycles. The maximum Gasteiger partial charge on any atom is 0.244 e. The Labute approximate surface area is 184 Å². The number of aryl methyl sites for hydroxylation is 1. The van der Waals surface area contributed by atoms with Crippen LogP contribution in [0.2, 0.25) is 0 Å². The lowest BCUT2D eigenvalue weighted by molar-refractivity contribution is -0.132. The molecule has 4 aromatic rings. The molecule has 0 unspecified atom stereocenters. The molecular formula is C23H24FN7O. The summed E-state index contributed by atoms with van der Waals surface area (Å²) in [5.74, 6) is 0.687. The number of aromatic nitrogens is 5. The van der Waals surface area contributed by atoms with Crippen LogP contribution in [0.25, 0.3) is 11.0 Å². The van der Waals surface area contributed by atoms with E-state index in [0.29, 0.717) is 32.7 Å². The highest BCUT2D eigenvalue weighted by molar-refractivity contribution is 5.76. The minimum atomic E-state index is -0.244. The molecule has 164 valence electrons. The molecule has 0 spiro atoms. The zero-order valence-electron chi connectivity index (χ0n) is 17.9. The number of carbonyl (C=O) groups excluding carboxylic acids is 1. The molecule has 32 heavy (non-hydrogen) atoms. The standard InChI is InChI=1S/C23H24FN7O/c1-17-25-21-4-2-3-5-22(21)31(17)15-19-14-30(27-26-19)16-23(32)29-12-10-28(11-13-29)20-8-6-18(24)7-9-20/h2-9,14H,10-13,15-16H2,1H3. The summed E-state index contributed by atoms with van der Waals surface area (Å²) in [6, 6.07) is 14.5. The van der Waals surface area contributed by atoms with Crippen molar-refractivity contribution in [2.75, 3.05) is 31.1 Å². The number of carbonyl (C=O) groups is 1. The highest BCUT2D eigenvalue weighted by Gasteiger charge is 2.22. The number of anilines is 1. The van der Waals surface area contributed by atoms with E-state index in [1.54, 1.807) is 16.8 Å². The number of hydrogen-bond acceptors (Lipinski definition) is 5. The summed E-state index contributed by atoms with van der Waals surface area (Å²) >= 11 is 0. The molecule has 0 bridgehead atoms. The van der Waals surface area contributed by atoms with Crippen molar-refractivity contribution in [3.05, 3.63) is 72.1 Å². The quantitative estimate of drug-likeness (QED) is 0.484. The maximum absolute atomic E-state index is 13.1. The van der Waals surface area contributed by atoms with Crippen LogP contribution in [-0.2, 0) is 17.9 Å². The summed E-state index contributed by atoms with van der Waals surface area (Å²) in [5.41, 5.74) is 3.76. The fourth-order valence-electron chi connectivity index (χ4n) is 4.15. The SMILES string of the molecule is Cc1nc2ccccc2n1Cc1cn(CC(=O)N2CCN(c3ccc(F)cc3)CC2)nn1. The molecule has 0 N–H and O–H groups in total. The Morgan fingerprint density at radius 2 is 1.78 bits per heavy atom. The van der Waals surface area contributed by atoms with Crippen LogP contribution in [0.5, 0.6) is 0 Å². The number of hydrogen-bond donors (Lipinski definition) is 0. The van der Waals surface area contributed by atoms with Gasteiger partial charge < -0.3 is 14.4 Å². The lowest BCUT2D eigenvalue weighted by atomic mass is 10.2. The summed E-state index contributed by atoms with van der Waals surface area (Å²) in [5, 5.41) is 8.40. The topological polar surface area (TPSA) is 72.1 Å². The number of nitrogens with zero attached hydrogens (tertiary/aromatic N) is 7. The highest BCUT2D eigenvalue weighted by atomic mass is 19.1.